The Labute approximate surface area is 107 Å². The highest BCUT2D eigenvalue weighted by Crippen LogP contribution is 2.35. The molecule has 2 nitrogen and oxygen atoms in total. The van der Waals surface area contributed by atoms with Crippen LogP contribution in [0, 0.1) is 5.92 Å². The van der Waals surface area contributed by atoms with Gasteiger partial charge in [-0.3, -0.25) is 0 Å². The monoisotopic (exact) mass is 251 g/mol. The van der Waals surface area contributed by atoms with Crippen molar-refractivity contribution in [1.29, 1.82) is 0 Å². The molecule has 1 atom stereocenters. The van der Waals surface area contributed by atoms with E-state index in [1.807, 2.05) is 12.1 Å². The highest BCUT2D eigenvalue weighted by molar-refractivity contribution is 6.30. The Balaban J connectivity index is 1.78. The Morgan fingerprint density at radius 2 is 2.18 bits per heavy atom. The molecule has 1 heterocycles. The Morgan fingerprint density at radius 3 is 2.88 bits per heavy atom. The van der Waals surface area contributed by atoms with Gasteiger partial charge in [-0.2, -0.15) is 0 Å². The number of benzene rings is 1. The van der Waals surface area contributed by atoms with E-state index in [4.69, 9.17) is 16.3 Å². The quantitative estimate of drug-likeness (QED) is 0.887. The summed E-state index contributed by atoms with van der Waals surface area (Å²) in [7, 11) is 0. The molecule has 1 saturated carbocycles. The lowest BCUT2D eigenvalue weighted by Crippen LogP contribution is -2.09. The molecule has 3 rings (SSSR count). The minimum absolute atomic E-state index is 0.558. The molecule has 1 aromatic rings. The second-order valence-corrected chi connectivity index (χ2v) is 5.56. The first kappa shape index (κ1) is 11.4. The Morgan fingerprint density at radius 1 is 1.29 bits per heavy atom. The summed E-state index contributed by atoms with van der Waals surface area (Å²) in [5, 5.41) is 4.21. The van der Waals surface area contributed by atoms with E-state index in [1.54, 1.807) is 0 Å². The third-order valence-electron chi connectivity index (χ3n) is 3.64. The van der Waals surface area contributed by atoms with Crippen molar-refractivity contribution in [2.24, 2.45) is 5.92 Å². The van der Waals surface area contributed by atoms with E-state index in [0.29, 0.717) is 5.92 Å². The zero-order valence-electron chi connectivity index (χ0n) is 9.92. The van der Waals surface area contributed by atoms with E-state index in [2.05, 4.69) is 11.4 Å². The maximum absolute atomic E-state index is 6.09. The Kier molecular flexibility index (Phi) is 3.26. The van der Waals surface area contributed by atoms with E-state index < -0.39 is 0 Å². The van der Waals surface area contributed by atoms with E-state index >= 15 is 0 Å². The van der Waals surface area contributed by atoms with Crippen molar-refractivity contribution in [3.05, 3.63) is 28.8 Å². The van der Waals surface area contributed by atoms with Gasteiger partial charge in [0.2, 0.25) is 0 Å². The molecule has 1 saturated heterocycles. The second-order valence-electron chi connectivity index (χ2n) is 5.13. The van der Waals surface area contributed by atoms with E-state index in [1.165, 1.54) is 24.8 Å². The van der Waals surface area contributed by atoms with Crippen LogP contribution in [0.1, 0.15) is 30.7 Å². The van der Waals surface area contributed by atoms with Gasteiger partial charge >= 0.3 is 0 Å². The zero-order valence-corrected chi connectivity index (χ0v) is 10.7. The number of nitrogens with one attached hydrogen (secondary N) is 1. The highest BCUT2D eigenvalue weighted by atomic mass is 35.5. The lowest BCUT2D eigenvalue weighted by molar-refractivity contribution is 0.295. The van der Waals surface area contributed by atoms with Gasteiger partial charge in [-0.15, -0.1) is 0 Å². The molecule has 1 unspecified atom stereocenters. The van der Waals surface area contributed by atoms with E-state index in [-0.39, 0.29) is 0 Å². The first-order chi connectivity index (χ1) is 8.33. The minimum Gasteiger partial charge on any atom is -0.493 e. The molecule has 2 fully saturated rings. The van der Waals surface area contributed by atoms with Gasteiger partial charge in [-0.25, -0.2) is 0 Å². The van der Waals surface area contributed by atoms with Gasteiger partial charge in [-0.1, -0.05) is 11.6 Å². The molecule has 0 spiro atoms. The van der Waals surface area contributed by atoms with Crippen LogP contribution in [0.25, 0.3) is 0 Å². The molecule has 3 heteroatoms. The topological polar surface area (TPSA) is 21.3 Å². The van der Waals surface area contributed by atoms with Crippen molar-refractivity contribution in [2.75, 3.05) is 19.7 Å². The van der Waals surface area contributed by atoms with Crippen LogP contribution in [0.4, 0.5) is 0 Å². The van der Waals surface area contributed by atoms with Gasteiger partial charge in [0.1, 0.15) is 5.75 Å². The molecule has 0 bridgehead atoms. The molecule has 1 N–H and O–H groups in total. The third kappa shape index (κ3) is 2.75. The first-order valence-corrected chi connectivity index (χ1v) is 6.83. The Hall–Kier alpha value is -0.730. The summed E-state index contributed by atoms with van der Waals surface area (Å²) in [4.78, 5) is 0. The molecule has 1 aliphatic carbocycles. The molecule has 1 aromatic carbocycles. The van der Waals surface area contributed by atoms with E-state index in [0.717, 1.165) is 36.4 Å². The minimum atomic E-state index is 0.558. The molecule has 0 aromatic heterocycles. The van der Waals surface area contributed by atoms with Gasteiger partial charge in [0.25, 0.3) is 0 Å². The summed E-state index contributed by atoms with van der Waals surface area (Å²) in [5.41, 5.74) is 1.28. The van der Waals surface area contributed by atoms with Crippen LogP contribution in [0.5, 0.6) is 5.75 Å². The predicted octanol–water partition coefficient (Wildman–Crippen LogP) is 3.21. The second kappa shape index (κ2) is 4.87. The fourth-order valence-corrected chi connectivity index (χ4v) is 2.56. The molecule has 2 aliphatic rings. The molecule has 92 valence electrons. The molecule has 0 amide bonds. The largest absolute Gasteiger partial charge is 0.493 e. The lowest BCUT2D eigenvalue weighted by Gasteiger charge is -2.16. The predicted molar refractivity (Wildman–Crippen MR) is 69.9 cm³/mol. The smallest absolute Gasteiger partial charge is 0.122 e. The maximum atomic E-state index is 6.09. The van der Waals surface area contributed by atoms with Crippen molar-refractivity contribution in [3.63, 3.8) is 0 Å². The van der Waals surface area contributed by atoms with Crippen LogP contribution >= 0.6 is 11.6 Å². The standard InChI is InChI=1S/C14H18ClNO/c15-12-3-4-14(17-9-10-1-2-10)13(7-12)11-5-6-16-8-11/h3-4,7,10-11,16H,1-2,5-6,8-9H2. The number of rotatable bonds is 4. The normalized spacial score (nSPS) is 23.9. The SMILES string of the molecule is Clc1ccc(OCC2CC2)c(C2CCNC2)c1. The Bertz CT molecular complexity index is 397. The highest BCUT2D eigenvalue weighted by Gasteiger charge is 2.24. The summed E-state index contributed by atoms with van der Waals surface area (Å²) in [6, 6.07) is 6.02. The van der Waals surface area contributed by atoms with Gasteiger partial charge < -0.3 is 10.1 Å². The molecule has 0 radical (unpaired) electrons. The fraction of sp³-hybridized carbons (Fsp3) is 0.571. The van der Waals surface area contributed by atoms with Crippen molar-refractivity contribution < 1.29 is 4.74 Å². The number of ether oxygens (including phenoxy) is 1. The number of halogens is 1. The van der Waals surface area contributed by atoms with Crippen LogP contribution in [0.3, 0.4) is 0 Å². The average molecular weight is 252 g/mol. The average Bonchev–Trinajstić information content (AvgIpc) is 3.00. The molecular formula is C14H18ClNO. The van der Waals surface area contributed by atoms with Crippen molar-refractivity contribution in [2.45, 2.75) is 25.2 Å². The van der Waals surface area contributed by atoms with Gasteiger partial charge in [0.05, 0.1) is 6.61 Å². The maximum Gasteiger partial charge on any atom is 0.122 e. The molecular weight excluding hydrogens is 234 g/mol. The summed E-state index contributed by atoms with van der Waals surface area (Å²) in [6.45, 7) is 3.01. The fourth-order valence-electron chi connectivity index (χ4n) is 2.38. The summed E-state index contributed by atoms with van der Waals surface area (Å²) < 4.78 is 5.94. The van der Waals surface area contributed by atoms with Crippen LogP contribution < -0.4 is 10.1 Å². The first-order valence-electron chi connectivity index (χ1n) is 6.46. The summed E-state index contributed by atoms with van der Waals surface area (Å²) in [6.07, 6.45) is 3.84. The van der Waals surface area contributed by atoms with Crippen molar-refractivity contribution in [3.8, 4) is 5.75 Å². The summed E-state index contributed by atoms with van der Waals surface area (Å²) in [5.74, 6) is 2.39. The third-order valence-corrected chi connectivity index (χ3v) is 3.88. The van der Waals surface area contributed by atoms with Gasteiger partial charge in [-0.05, 0) is 55.5 Å². The molecule has 17 heavy (non-hydrogen) atoms. The van der Waals surface area contributed by atoms with Crippen LogP contribution in [-0.2, 0) is 0 Å². The van der Waals surface area contributed by atoms with Crippen LogP contribution in [-0.4, -0.2) is 19.7 Å². The number of hydrogen-bond acceptors (Lipinski definition) is 2. The van der Waals surface area contributed by atoms with Crippen LogP contribution in [0.15, 0.2) is 18.2 Å². The van der Waals surface area contributed by atoms with Gasteiger partial charge in [0, 0.05) is 17.5 Å². The lowest BCUT2D eigenvalue weighted by atomic mass is 9.97. The number of hydrogen-bond donors (Lipinski definition) is 1. The van der Waals surface area contributed by atoms with Crippen molar-refractivity contribution in [1.82, 2.24) is 5.32 Å². The van der Waals surface area contributed by atoms with E-state index in [9.17, 15) is 0 Å². The summed E-state index contributed by atoms with van der Waals surface area (Å²) >= 11 is 6.09. The van der Waals surface area contributed by atoms with Crippen LogP contribution in [0.2, 0.25) is 5.02 Å². The molecule has 1 aliphatic heterocycles. The van der Waals surface area contributed by atoms with Gasteiger partial charge in [0.15, 0.2) is 0 Å². The van der Waals surface area contributed by atoms with Crippen molar-refractivity contribution >= 4 is 11.6 Å². The zero-order chi connectivity index (χ0) is 11.7.